The molecular formula is C21H27F3N2O5. The van der Waals surface area contributed by atoms with Crippen molar-refractivity contribution in [2.24, 2.45) is 5.73 Å². The van der Waals surface area contributed by atoms with Crippen molar-refractivity contribution in [2.45, 2.75) is 30.8 Å². The third-order valence-electron chi connectivity index (χ3n) is 4.29. The van der Waals surface area contributed by atoms with E-state index in [0.717, 1.165) is 5.56 Å². The van der Waals surface area contributed by atoms with Crippen molar-refractivity contribution >= 4 is 5.97 Å². The van der Waals surface area contributed by atoms with E-state index in [9.17, 15) is 28.5 Å². The monoisotopic (exact) mass is 444 g/mol. The molecule has 0 aliphatic carbocycles. The number of aliphatic carboxylic acids is 1. The van der Waals surface area contributed by atoms with Gasteiger partial charge in [-0.3, -0.25) is 0 Å². The summed E-state index contributed by atoms with van der Waals surface area (Å²) in [5, 5.41) is 37.1. The van der Waals surface area contributed by atoms with Gasteiger partial charge in [-0.1, -0.05) is 42.5 Å². The van der Waals surface area contributed by atoms with E-state index in [1.54, 1.807) is 18.2 Å². The lowest BCUT2D eigenvalue weighted by Crippen LogP contribution is -2.44. The predicted molar refractivity (Wildman–Crippen MR) is 108 cm³/mol. The molecule has 0 heterocycles. The molecule has 172 valence electrons. The Hall–Kier alpha value is -2.66. The van der Waals surface area contributed by atoms with Crippen molar-refractivity contribution < 1.29 is 38.4 Å². The van der Waals surface area contributed by atoms with Crippen molar-refractivity contribution in [1.29, 1.82) is 0 Å². The van der Waals surface area contributed by atoms with Crippen molar-refractivity contribution in [3.05, 3.63) is 65.7 Å². The fraction of sp³-hybridized carbons (Fsp3) is 0.381. The lowest BCUT2D eigenvalue weighted by Gasteiger charge is -2.26. The molecular weight excluding hydrogens is 417 g/mol. The molecule has 0 bridgehead atoms. The van der Waals surface area contributed by atoms with Crippen LogP contribution < -0.4 is 5.73 Å². The van der Waals surface area contributed by atoms with Gasteiger partial charge >= 0.3 is 12.1 Å². The second-order valence-corrected chi connectivity index (χ2v) is 7.06. The number of phenolic OH excluding ortho intramolecular Hbond substituents is 1. The number of halogens is 3. The molecule has 0 radical (unpaired) electrons. The van der Waals surface area contributed by atoms with E-state index < -0.39 is 24.4 Å². The second-order valence-electron chi connectivity index (χ2n) is 7.06. The predicted octanol–water partition coefficient (Wildman–Crippen LogP) is 1.92. The summed E-state index contributed by atoms with van der Waals surface area (Å²) in [7, 11) is 1.82. The third-order valence-corrected chi connectivity index (χ3v) is 4.29. The van der Waals surface area contributed by atoms with E-state index in [4.69, 9.17) is 15.6 Å². The number of aromatic hydroxyl groups is 1. The van der Waals surface area contributed by atoms with Gasteiger partial charge in [0.25, 0.3) is 0 Å². The number of carboxylic acid groups (broad SMARTS) is 1. The molecule has 0 fully saturated rings. The molecule has 0 saturated carbocycles. The Morgan fingerprint density at radius 2 is 1.65 bits per heavy atom. The number of carbonyl (C=O) groups is 1. The molecule has 6 N–H and O–H groups in total. The van der Waals surface area contributed by atoms with E-state index >= 15 is 0 Å². The molecule has 2 rings (SSSR count). The Kier molecular flexibility index (Phi) is 10.4. The second kappa shape index (κ2) is 12.3. The number of phenols is 1. The zero-order valence-electron chi connectivity index (χ0n) is 16.9. The lowest BCUT2D eigenvalue weighted by atomic mass is 10.0. The van der Waals surface area contributed by atoms with E-state index in [1.165, 1.54) is 6.07 Å². The minimum Gasteiger partial charge on any atom is -0.508 e. The fourth-order valence-electron chi connectivity index (χ4n) is 2.68. The molecule has 7 nitrogen and oxygen atoms in total. The van der Waals surface area contributed by atoms with Crippen LogP contribution in [0.1, 0.15) is 17.2 Å². The highest BCUT2D eigenvalue weighted by atomic mass is 19.4. The Morgan fingerprint density at radius 1 is 1.06 bits per heavy atom. The standard InChI is InChI=1S/C19H26N2O3.C2HF3O2/c1-21(12-18(23)15-8-5-9-16(22)11-15)13-19(24)17(20)10-14-6-3-2-4-7-14;3-2(4,5)1(6)7/h2-9,11,17-19,22-24H,10,12-13,20H2,1H3;(H,6,7)/t17-,18-,19-;/m0./s1. The summed E-state index contributed by atoms with van der Waals surface area (Å²) < 4.78 is 31.7. The molecule has 0 aromatic heterocycles. The molecule has 0 aliphatic rings. The Bertz CT molecular complexity index is 805. The van der Waals surface area contributed by atoms with E-state index in [2.05, 4.69) is 0 Å². The van der Waals surface area contributed by atoms with Gasteiger partial charge in [-0.25, -0.2) is 4.79 Å². The van der Waals surface area contributed by atoms with Crippen LogP contribution in [0.25, 0.3) is 0 Å². The summed E-state index contributed by atoms with van der Waals surface area (Å²) in [5.74, 6) is -2.63. The maximum atomic E-state index is 10.6. The number of rotatable bonds is 8. The minimum atomic E-state index is -5.08. The number of benzene rings is 2. The maximum absolute atomic E-state index is 10.6. The minimum absolute atomic E-state index is 0.124. The topological polar surface area (TPSA) is 127 Å². The molecule has 0 spiro atoms. The number of hydrogen-bond donors (Lipinski definition) is 5. The van der Waals surface area contributed by atoms with Crippen LogP contribution in [0.5, 0.6) is 5.75 Å². The first-order valence-corrected chi connectivity index (χ1v) is 9.33. The molecule has 0 saturated heterocycles. The van der Waals surface area contributed by atoms with Crippen molar-refractivity contribution in [1.82, 2.24) is 4.90 Å². The Balaban J connectivity index is 0.000000592. The van der Waals surface area contributed by atoms with Gasteiger partial charge in [-0.05, 0) is 36.7 Å². The largest absolute Gasteiger partial charge is 0.508 e. The van der Waals surface area contributed by atoms with Gasteiger partial charge in [0.1, 0.15) is 5.75 Å². The third kappa shape index (κ3) is 10.3. The maximum Gasteiger partial charge on any atom is 0.490 e. The van der Waals surface area contributed by atoms with Crippen molar-refractivity contribution in [3.63, 3.8) is 0 Å². The summed E-state index contributed by atoms with van der Waals surface area (Å²) in [6.45, 7) is 0.711. The number of carboxylic acids is 1. The molecule has 0 aliphatic heterocycles. The van der Waals surface area contributed by atoms with Crippen LogP contribution in [-0.4, -0.2) is 69.8 Å². The zero-order chi connectivity index (χ0) is 23.6. The number of nitrogens with two attached hydrogens (primary N) is 1. The first kappa shape index (κ1) is 26.4. The highest BCUT2D eigenvalue weighted by molar-refractivity contribution is 5.73. The zero-order valence-corrected chi connectivity index (χ0v) is 16.9. The van der Waals surface area contributed by atoms with Crippen molar-refractivity contribution in [3.8, 4) is 5.75 Å². The van der Waals surface area contributed by atoms with Crippen LogP contribution in [0.2, 0.25) is 0 Å². The first-order valence-electron chi connectivity index (χ1n) is 9.33. The summed E-state index contributed by atoms with van der Waals surface area (Å²) in [6.07, 6.45) is -5.91. The Labute approximate surface area is 178 Å². The normalized spacial score (nSPS) is 14.3. The van der Waals surface area contributed by atoms with E-state index in [1.807, 2.05) is 42.3 Å². The number of hydrogen-bond acceptors (Lipinski definition) is 6. The number of aliphatic hydroxyl groups is 2. The number of alkyl halides is 3. The Morgan fingerprint density at radius 3 is 2.16 bits per heavy atom. The van der Waals surface area contributed by atoms with Crippen LogP contribution in [-0.2, 0) is 11.2 Å². The van der Waals surface area contributed by atoms with E-state index in [-0.39, 0.29) is 11.8 Å². The van der Waals surface area contributed by atoms with Gasteiger partial charge in [-0.15, -0.1) is 0 Å². The molecule has 0 unspecified atom stereocenters. The number of aliphatic hydroxyl groups excluding tert-OH is 2. The van der Waals surface area contributed by atoms with Crippen molar-refractivity contribution in [2.75, 3.05) is 20.1 Å². The molecule has 0 amide bonds. The summed E-state index contributed by atoms with van der Waals surface area (Å²) in [4.78, 5) is 10.7. The highest BCUT2D eigenvalue weighted by Gasteiger charge is 2.38. The molecule has 10 heteroatoms. The van der Waals surface area contributed by atoms with Crippen LogP contribution in [0.4, 0.5) is 13.2 Å². The molecule has 2 aromatic carbocycles. The average Bonchev–Trinajstić information content (AvgIpc) is 2.68. The van der Waals surface area contributed by atoms with Crippen LogP contribution in [0.3, 0.4) is 0 Å². The van der Waals surface area contributed by atoms with Gasteiger partial charge in [0.15, 0.2) is 0 Å². The number of likely N-dealkylation sites (N-methyl/N-ethyl adjacent to an activating group) is 1. The first-order chi connectivity index (χ1) is 14.4. The smallest absolute Gasteiger partial charge is 0.490 e. The number of nitrogens with zero attached hydrogens (tertiary/aromatic N) is 1. The highest BCUT2D eigenvalue weighted by Crippen LogP contribution is 2.19. The summed E-state index contributed by atoms with van der Waals surface area (Å²) in [5.41, 5.74) is 7.82. The summed E-state index contributed by atoms with van der Waals surface area (Å²) >= 11 is 0. The van der Waals surface area contributed by atoms with Crippen LogP contribution in [0, 0.1) is 0 Å². The fourth-order valence-corrected chi connectivity index (χ4v) is 2.68. The van der Waals surface area contributed by atoms with Gasteiger partial charge < -0.3 is 31.1 Å². The SMILES string of the molecule is CN(C[C@H](O)c1cccc(O)c1)C[C@H](O)[C@@H](N)Cc1ccccc1.O=C(O)C(F)(F)F. The lowest BCUT2D eigenvalue weighted by molar-refractivity contribution is -0.192. The van der Waals surface area contributed by atoms with Crippen LogP contribution >= 0.6 is 0 Å². The molecule has 2 aromatic rings. The van der Waals surface area contributed by atoms with E-state index in [0.29, 0.717) is 25.1 Å². The van der Waals surface area contributed by atoms with Gasteiger partial charge in [0, 0.05) is 19.1 Å². The summed E-state index contributed by atoms with van der Waals surface area (Å²) in [6, 6.07) is 16.0. The molecule has 31 heavy (non-hydrogen) atoms. The average molecular weight is 444 g/mol. The van der Waals surface area contributed by atoms with Gasteiger partial charge in [-0.2, -0.15) is 13.2 Å². The molecule has 3 atom stereocenters. The van der Waals surface area contributed by atoms with Gasteiger partial charge in [0.05, 0.1) is 12.2 Å². The van der Waals surface area contributed by atoms with Gasteiger partial charge in [0.2, 0.25) is 0 Å². The quantitative estimate of drug-likeness (QED) is 0.421. The van der Waals surface area contributed by atoms with Crippen LogP contribution in [0.15, 0.2) is 54.6 Å².